The number of benzene rings is 1. The van der Waals surface area contributed by atoms with Crippen LogP contribution in [-0.4, -0.2) is 27.6 Å². The smallest absolute Gasteiger partial charge is 0.338 e. The van der Waals surface area contributed by atoms with E-state index in [9.17, 15) is 4.79 Å². The van der Waals surface area contributed by atoms with Crippen LogP contribution in [0.15, 0.2) is 59.9 Å². The molecule has 6 nitrogen and oxygen atoms in total. The number of anilines is 1. The van der Waals surface area contributed by atoms with Crippen LogP contribution in [0.1, 0.15) is 18.7 Å². The highest BCUT2D eigenvalue weighted by atomic mass is 16.5. The summed E-state index contributed by atoms with van der Waals surface area (Å²) in [6.45, 7) is 1.85. The highest BCUT2D eigenvalue weighted by Gasteiger charge is 2.35. The van der Waals surface area contributed by atoms with E-state index in [0.717, 1.165) is 22.4 Å². The molecule has 1 aromatic carbocycles. The summed E-state index contributed by atoms with van der Waals surface area (Å²) in [5.74, 6) is 0.316. The summed E-state index contributed by atoms with van der Waals surface area (Å²) in [6.07, 6.45) is 1.72. The van der Waals surface area contributed by atoms with E-state index in [1.165, 1.54) is 7.11 Å². The highest BCUT2D eigenvalue weighted by molar-refractivity contribution is 5.93. The molecule has 1 N–H and O–H groups in total. The van der Waals surface area contributed by atoms with Gasteiger partial charge in [-0.25, -0.2) is 9.78 Å². The zero-order chi connectivity index (χ0) is 16.7. The second kappa shape index (κ2) is 5.49. The lowest BCUT2D eigenvalue weighted by molar-refractivity contribution is -0.136. The number of rotatable bonds is 2. The summed E-state index contributed by atoms with van der Waals surface area (Å²) >= 11 is 0. The summed E-state index contributed by atoms with van der Waals surface area (Å²) < 4.78 is 7.01. The molecule has 1 atom stereocenters. The molecule has 0 spiro atoms. The van der Waals surface area contributed by atoms with Crippen molar-refractivity contribution in [1.82, 2.24) is 14.5 Å². The standard InChI is InChI=1S/C18H16N4O2/c1-11-15(17(23)24-2)16(13-8-5-6-10-19-13)22-14-9-4-3-7-12(14)21-18(22)20-11/h3-10,16H,1-2H3,(H,20,21)/t16-/m0/s1. The third-order valence-corrected chi connectivity index (χ3v) is 4.20. The molecule has 0 fully saturated rings. The SMILES string of the molecule is COC(=O)C1=C(C)Nc2nc3ccccc3n2[C@H]1c1ccccn1. The van der Waals surface area contributed by atoms with Crippen molar-refractivity contribution in [2.45, 2.75) is 13.0 Å². The molecule has 0 saturated heterocycles. The third kappa shape index (κ3) is 2.07. The van der Waals surface area contributed by atoms with Gasteiger partial charge in [0.05, 0.1) is 29.4 Å². The summed E-state index contributed by atoms with van der Waals surface area (Å²) in [5.41, 5.74) is 3.82. The number of imidazole rings is 1. The number of ether oxygens (including phenoxy) is 1. The van der Waals surface area contributed by atoms with Crippen LogP contribution in [0.25, 0.3) is 11.0 Å². The topological polar surface area (TPSA) is 69.0 Å². The Morgan fingerprint density at radius 2 is 2.00 bits per heavy atom. The first kappa shape index (κ1) is 14.4. The van der Waals surface area contributed by atoms with E-state index in [2.05, 4.69) is 15.3 Å². The summed E-state index contributed by atoms with van der Waals surface area (Å²) in [5, 5.41) is 3.22. The van der Waals surface area contributed by atoms with Crippen LogP contribution in [0.5, 0.6) is 0 Å². The number of para-hydroxylation sites is 2. The number of pyridine rings is 1. The second-order valence-corrected chi connectivity index (χ2v) is 5.61. The van der Waals surface area contributed by atoms with Crippen molar-refractivity contribution in [3.63, 3.8) is 0 Å². The predicted octanol–water partition coefficient (Wildman–Crippen LogP) is 2.89. The van der Waals surface area contributed by atoms with Crippen molar-refractivity contribution in [2.75, 3.05) is 12.4 Å². The number of hydrogen-bond acceptors (Lipinski definition) is 5. The molecule has 0 unspecified atom stereocenters. The zero-order valence-electron chi connectivity index (χ0n) is 13.4. The number of hydrogen-bond donors (Lipinski definition) is 1. The average Bonchev–Trinajstić information content (AvgIpc) is 2.98. The molecule has 0 aliphatic carbocycles. The van der Waals surface area contributed by atoms with Crippen molar-refractivity contribution in [3.8, 4) is 0 Å². The maximum Gasteiger partial charge on any atom is 0.338 e. The van der Waals surface area contributed by atoms with Gasteiger partial charge in [-0.05, 0) is 31.2 Å². The average molecular weight is 320 g/mol. The Morgan fingerprint density at radius 3 is 2.75 bits per heavy atom. The van der Waals surface area contributed by atoms with Crippen LogP contribution in [-0.2, 0) is 9.53 Å². The molecular formula is C18H16N4O2. The Hall–Kier alpha value is -3.15. The van der Waals surface area contributed by atoms with E-state index in [4.69, 9.17) is 4.74 Å². The quantitative estimate of drug-likeness (QED) is 0.735. The second-order valence-electron chi connectivity index (χ2n) is 5.61. The minimum Gasteiger partial charge on any atom is -0.466 e. The van der Waals surface area contributed by atoms with E-state index in [1.807, 2.05) is 54.0 Å². The fourth-order valence-electron chi connectivity index (χ4n) is 3.16. The number of nitrogens with one attached hydrogen (secondary N) is 1. The van der Waals surface area contributed by atoms with Crippen LogP contribution in [0.4, 0.5) is 5.95 Å². The van der Waals surface area contributed by atoms with E-state index < -0.39 is 0 Å². The van der Waals surface area contributed by atoms with Crippen molar-refractivity contribution in [1.29, 1.82) is 0 Å². The lowest BCUT2D eigenvalue weighted by atomic mass is 9.99. The maximum atomic E-state index is 12.4. The van der Waals surface area contributed by atoms with Crippen LogP contribution in [0.3, 0.4) is 0 Å². The molecule has 4 rings (SSSR count). The number of aromatic nitrogens is 3. The molecule has 1 aliphatic heterocycles. The van der Waals surface area contributed by atoms with Crippen molar-refractivity contribution < 1.29 is 9.53 Å². The van der Waals surface area contributed by atoms with E-state index >= 15 is 0 Å². The Bertz CT molecular complexity index is 960. The predicted molar refractivity (Wildman–Crippen MR) is 90.4 cm³/mol. The Labute approximate surface area is 138 Å². The van der Waals surface area contributed by atoms with Gasteiger partial charge in [0.15, 0.2) is 0 Å². The van der Waals surface area contributed by atoms with Gasteiger partial charge in [0.1, 0.15) is 6.04 Å². The fourth-order valence-corrected chi connectivity index (χ4v) is 3.16. The molecule has 2 aromatic heterocycles. The monoisotopic (exact) mass is 320 g/mol. The molecule has 0 bridgehead atoms. The van der Waals surface area contributed by atoms with Crippen LogP contribution in [0.2, 0.25) is 0 Å². The van der Waals surface area contributed by atoms with Gasteiger partial charge in [0.2, 0.25) is 5.95 Å². The molecule has 120 valence electrons. The highest BCUT2D eigenvalue weighted by Crippen LogP contribution is 2.38. The molecule has 24 heavy (non-hydrogen) atoms. The van der Waals surface area contributed by atoms with Crippen molar-refractivity contribution in [2.24, 2.45) is 0 Å². The van der Waals surface area contributed by atoms with Crippen molar-refractivity contribution in [3.05, 3.63) is 65.6 Å². The van der Waals surface area contributed by atoms with E-state index in [0.29, 0.717) is 11.5 Å². The molecule has 6 heteroatoms. The van der Waals surface area contributed by atoms with Gasteiger partial charge < -0.3 is 10.1 Å². The number of methoxy groups -OCH3 is 1. The zero-order valence-corrected chi connectivity index (χ0v) is 13.4. The fraction of sp³-hybridized carbons (Fsp3) is 0.167. The first-order valence-corrected chi connectivity index (χ1v) is 7.64. The largest absolute Gasteiger partial charge is 0.466 e. The van der Waals surface area contributed by atoms with Gasteiger partial charge in [0, 0.05) is 11.9 Å². The summed E-state index contributed by atoms with van der Waals surface area (Å²) in [7, 11) is 1.39. The summed E-state index contributed by atoms with van der Waals surface area (Å²) in [6, 6.07) is 13.1. The molecule has 1 aliphatic rings. The normalized spacial score (nSPS) is 16.7. The number of carbonyl (C=O) groups excluding carboxylic acids is 1. The molecular weight excluding hydrogens is 304 g/mol. The van der Waals surface area contributed by atoms with Crippen LogP contribution in [0, 0.1) is 0 Å². The van der Waals surface area contributed by atoms with Gasteiger partial charge >= 0.3 is 5.97 Å². The summed E-state index contributed by atoms with van der Waals surface area (Å²) in [4.78, 5) is 21.6. The molecule has 3 heterocycles. The Balaban J connectivity index is 2.02. The number of fused-ring (bicyclic) bond motifs is 3. The van der Waals surface area contributed by atoms with Crippen LogP contribution >= 0.6 is 0 Å². The van der Waals surface area contributed by atoms with Gasteiger partial charge in [-0.1, -0.05) is 18.2 Å². The van der Waals surface area contributed by atoms with E-state index in [1.54, 1.807) is 6.20 Å². The van der Waals surface area contributed by atoms with Gasteiger partial charge in [-0.15, -0.1) is 0 Å². The number of esters is 1. The Kier molecular flexibility index (Phi) is 3.30. The molecule has 0 radical (unpaired) electrons. The number of carbonyl (C=O) groups is 1. The lowest BCUT2D eigenvalue weighted by Gasteiger charge is -2.29. The third-order valence-electron chi connectivity index (χ3n) is 4.20. The van der Waals surface area contributed by atoms with Gasteiger partial charge in [-0.3, -0.25) is 9.55 Å². The lowest BCUT2D eigenvalue weighted by Crippen LogP contribution is -2.29. The van der Waals surface area contributed by atoms with Crippen molar-refractivity contribution >= 4 is 23.0 Å². The number of allylic oxidation sites excluding steroid dienone is 1. The maximum absolute atomic E-state index is 12.4. The first-order valence-electron chi connectivity index (χ1n) is 7.64. The minimum atomic E-state index is -0.387. The molecule has 3 aromatic rings. The van der Waals surface area contributed by atoms with Gasteiger partial charge in [-0.2, -0.15) is 0 Å². The van der Waals surface area contributed by atoms with Crippen LogP contribution < -0.4 is 5.32 Å². The molecule has 0 saturated carbocycles. The number of nitrogens with zero attached hydrogens (tertiary/aromatic N) is 3. The minimum absolute atomic E-state index is 0.376. The van der Waals surface area contributed by atoms with Gasteiger partial charge in [0.25, 0.3) is 0 Å². The Morgan fingerprint density at radius 1 is 1.21 bits per heavy atom. The van der Waals surface area contributed by atoms with E-state index in [-0.39, 0.29) is 12.0 Å². The first-order chi connectivity index (χ1) is 11.7. The molecule has 0 amide bonds.